The van der Waals surface area contributed by atoms with Crippen LogP contribution in [0.2, 0.25) is 0 Å². The number of ketones is 1. The van der Waals surface area contributed by atoms with Crippen LogP contribution >= 0.6 is 0 Å². The number of esters is 1. The first-order valence-corrected chi connectivity index (χ1v) is 12.9. The first kappa shape index (κ1) is 27.3. The summed E-state index contributed by atoms with van der Waals surface area (Å²) in [6.45, 7) is 2.60. The Labute approximate surface area is 207 Å². The van der Waals surface area contributed by atoms with Crippen molar-refractivity contribution in [2.45, 2.75) is 82.4 Å². The molecule has 1 aliphatic carbocycles. The Morgan fingerprint density at radius 1 is 1.20 bits per heavy atom. The zero-order valence-electron chi connectivity index (χ0n) is 20.9. The van der Waals surface area contributed by atoms with Crippen LogP contribution in [0.15, 0.2) is 48.6 Å². The maximum absolute atomic E-state index is 14.3. The van der Waals surface area contributed by atoms with Crippen molar-refractivity contribution in [2.24, 2.45) is 11.8 Å². The number of rotatable bonds is 14. The highest BCUT2D eigenvalue weighted by molar-refractivity contribution is 5.93. The summed E-state index contributed by atoms with van der Waals surface area (Å²) in [5.41, 5.74) is 0.763. The van der Waals surface area contributed by atoms with Gasteiger partial charge in [0.25, 0.3) is 0 Å². The maximum Gasteiger partial charge on any atom is 0.305 e. The number of hydrogen-bond donors (Lipinski definition) is 0. The largest absolute Gasteiger partial charge is 0.469 e. The minimum atomic E-state index is -1.46. The molecule has 0 radical (unpaired) electrons. The van der Waals surface area contributed by atoms with Gasteiger partial charge in [-0.05, 0) is 61.8 Å². The highest BCUT2D eigenvalue weighted by atomic mass is 19.1. The second-order valence-electron chi connectivity index (χ2n) is 9.80. The minimum absolute atomic E-state index is 0.0275. The molecule has 0 amide bonds. The van der Waals surface area contributed by atoms with Crippen LogP contribution < -0.4 is 0 Å². The van der Waals surface area contributed by atoms with Gasteiger partial charge in [0.05, 0.1) is 19.8 Å². The van der Waals surface area contributed by atoms with Gasteiger partial charge in [-0.1, -0.05) is 56.5 Å². The van der Waals surface area contributed by atoms with E-state index in [2.05, 4.69) is 23.8 Å². The molecule has 35 heavy (non-hydrogen) atoms. The highest BCUT2D eigenvalue weighted by Gasteiger charge is 2.58. The molecule has 2 aliphatic rings. The third kappa shape index (κ3) is 6.87. The second kappa shape index (κ2) is 13.1. The molecule has 0 spiro atoms. The molecule has 192 valence electrons. The number of methoxy groups -OCH3 is 1. The zero-order valence-corrected chi connectivity index (χ0v) is 20.9. The third-order valence-electron chi connectivity index (χ3n) is 7.53. The Kier molecular flexibility index (Phi) is 10.2. The molecule has 1 aromatic carbocycles. The van der Waals surface area contributed by atoms with Gasteiger partial charge >= 0.3 is 5.97 Å². The van der Waals surface area contributed by atoms with E-state index >= 15 is 0 Å². The monoisotopic (exact) mass is 488 g/mol. The predicted molar refractivity (Wildman–Crippen MR) is 132 cm³/mol. The van der Waals surface area contributed by atoms with Crippen molar-refractivity contribution in [1.29, 1.82) is 0 Å². The summed E-state index contributed by atoms with van der Waals surface area (Å²) in [5, 5.41) is 0. The molecule has 3 rings (SSSR count). The molecule has 5 atom stereocenters. The fourth-order valence-corrected chi connectivity index (χ4v) is 5.56. The number of alkyl halides is 1. The molecule has 1 aliphatic heterocycles. The van der Waals surface area contributed by atoms with Gasteiger partial charge in [-0.25, -0.2) is 8.78 Å². The maximum atomic E-state index is 14.3. The Balaban J connectivity index is 1.73. The first-order chi connectivity index (χ1) is 16.9. The fraction of sp³-hybridized carbons (Fsp3) is 0.586. The number of fused-ring (bicyclic) bond motifs is 2. The van der Waals surface area contributed by atoms with Gasteiger partial charge in [-0.15, -0.1) is 0 Å². The number of benzene rings is 1. The standard InChI is InChI=1S/C29H38F2O4/c1-3-4-7-11-25(31)26(32)18-17-23-24(10-8-5-6-9-12-28(33)34-2)29(19-27(23)35-20-29)21-13-15-22(30)16-14-21/h5,8,13-18,23-25,27H,3-4,6-7,9-12,19-20H2,1-2H3/b8-5-,18-17+/t23-,24-,25?,27-,29-/m0/s1. The average molecular weight is 489 g/mol. The van der Waals surface area contributed by atoms with Gasteiger partial charge in [0, 0.05) is 17.8 Å². The van der Waals surface area contributed by atoms with Crippen molar-refractivity contribution in [1.82, 2.24) is 0 Å². The molecule has 1 aromatic rings. The normalized spacial score (nSPS) is 26.6. The Morgan fingerprint density at radius 2 is 1.97 bits per heavy atom. The van der Waals surface area contributed by atoms with Crippen molar-refractivity contribution < 1.29 is 27.8 Å². The SMILES string of the molecule is CCCCCC(F)C(=O)/C=C/[C@@H]1[C@@H]2C[C@@](c3ccc(F)cc3)(CO2)[C@H]1C/C=C\CCCC(=O)OC. The summed E-state index contributed by atoms with van der Waals surface area (Å²) in [5.74, 6) is -0.850. The van der Waals surface area contributed by atoms with Crippen molar-refractivity contribution in [3.63, 3.8) is 0 Å². The molecule has 1 saturated carbocycles. The fourth-order valence-electron chi connectivity index (χ4n) is 5.56. The lowest BCUT2D eigenvalue weighted by Crippen LogP contribution is -2.39. The highest BCUT2D eigenvalue weighted by Crippen LogP contribution is 2.57. The molecule has 2 fully saturated rings. The van der Waals surface area contributed by atoms with Gasteiger partial charge in [-0.3, -0.25) is 9.59 Å². The molecule has 1 saturated heterocycles. The molecule has 0 N–H and O–H groups in total. The van der Waals surface area contributed by atoms with E-state index in [9.17, 15) is 18.4 Å². The van der Waals surface area contributed by atoms with E-state index in [4.69, 9.17) is 4.74 Å². The van der Waals surface area contributed by atoms with Gasteiger partial charge < -0.3 is 9.47 Å². The van der Waals surface area contributed by atoms with Crippen LogP contribution in [0.3, 0.4) is 0 Å². The quantitative estimate of drug-likeness (QED) is 0.131. The third-order valence-corrected chi connectivity index (χ3v) is 7.53. The first-order valence-electron chi connectivity index (χ1n) is 12.9. The van der Waals surface area contributed by atoms with E-state index in [-0.39, 0.29) is 41.6 Å². The topological polar surface area (TPSA) is 52.6 Å². The van der Waals surface area contributed by atoms with E-state index in [1.165, 1.54) is 25.3 Å². The van der Waals surface area contributed by atoms with Crippen LogP contribution in [-0.2, 0) is 24.5 Å². The average Bonchev–Trinajstić information content (AvgIpc) is 3.43. The van der Waals surface area contributed by atoms with Crippen LogP contribution in [0.1, 0.15) is 70.3 Å². The van der Waals surface area contributed by atoms with Gasteiger partial charge in [0.1, 0.15) is 5.82 Å². The van der Waals surface area contributed by atoms with Crippen molar-refractivity contribution in [3.8, 4) is 0 Å². The van der Waals surface area contributed by atoms with E-state index < -0.39 is 12.0 Å². The molecule has 1 unspecified atom stereocenters. The number of ether oxygens (including phenoxy) is 2. The molecule has 2 bridgehead atoms. The number of halogens is 2. The van der Waals surface area contributed by atoms with E-state index in [1.807, 2.05) is 18.2 Å². The minimum Gasteiger partial charge on any atom is -0.469 e. The summed E-state index contributed by atoms with van der Waals surface area (Å²) in [4.78, 5) is 23.7. The number of hydrogen-bond acceptors (Lipinski definition) is 4. The van der Waals surface area contributed by atoms with E-state index in [0.29, 0.717) is 19.4 Å². The Hall–Kier alpha value is -2.34. The smallest absolute Gasteiger partial charge is 0.305 e. The zero-order chi connectivity index (χ0) is 25.3. The lowest BCUT2D eigenvalue weighted by molar-refractivity contribution is -0.140. The summed E-state index contributed by atoms with van der Waals surface area (Å²) in [6, 6.07) is 6.62. The Bertz CT molecular complexity index is 894. The van der Waals surface area contributed by atoms with Crippen LogP contribution in [0.4, 0.5) is 8.78 Å². The Morgan fingerprint density at radius 3 is 2.69 bits per heavy atom. The summed E-state index contributed by atoms with van der Waals surface area (Å²) >= 11 is 0. The van der Waals surface area contributed by atoms with Gasteiger partial charge in [-0.2, -0.15) is 0 Å². The lowest BCUT2D eigenvalue weighted by Gasteiger charge is -2.38. The van der Waals surface area contributed by atoms with Crippen LogP contribution in [-0.4, -0.2) is 37.7 Å². The van der Waals surface area contributed by atoms with Gasteiger partial charge in [0.15, 0.2) is 12.0 Å². The predicted octanol–water partition coefficient (Wildman–Crippen LogP) is 6.43. The molecule has 4 nitrogen and oxygen atoms in total. The van der Waals surface area contributed by atoms with Crippen LogP contribution in [0.25, 0.3) is 0 Å². The summed E-state index contributed by atoms with van der Waals surface area (Å²) in [7, 11) is 1.39. The van der Waals surface area contributed by atoms with E-state index in [0.717, 1.165) is 44.1 Å². The summed E-state index contributed by atoms with van der Waals surface area (Å²) in [6.07, 6.45) is 12.2. The van der Waals surface area contributed by atoms with E-state index in [1.54, 1.807) is 0 Å². The van der Waals surface area contributed by atoms with Crippen molar-refractivity contribution in [3.05, 3.63) is 60.0 Å². The molecule has 6 heteroatoms. The van der Waals surface area contributed by atoms with Crippen LogP contribution in [0.5, 0.6) is 0 Å². The number of carbonyl (C=O) groups is 2. The molecular weight excluding hydrogens is 450 g/mol. The van der Waals surface area contributed by atoms with Crippen molar-refractivity contribution >= 4 is 11.8 Å². The van der Waals surface area contributed by atoms with Gasteiger partial charge in [0.2, 0.25) is 0 Å². The van der Waals surface area contributed by atoms with Crippen LogP contribution in [0, 0.1) is 17.7 Å². The lowest BCUT2D eigenvalue weighted by atomic mass is 9.69. The van der Waals surface area contributed by atoms with Crippen molar-refractivity contribution in [2.75, 3.05) is 13.7 Å². The molecular formula is C29H38F2O4. The number of allylic oxidation sites excluding steroid dienone is 3. The number of carbonyl (C=O) groups excluding carboxylic acids is 2. The number of unbranched alkanes of at least 4 members (excludes halogenated alkanes) is 3. The molecule has 0 aromatic heterocycles. The summed E-state index contributed by atoms with van der Waals surface area (Å²) < 4.78 is 38.8. The second-order valence-corrected chi connectivity index (χ2v) is 9.80. The molecule has 1 heterocycles.